The van der Waals surface area contributed by atoms with Crippen LogP contribution >= 0.6 is 0 Å². The minimum atomic E-state index is -3.20. The summed E-state index contributed by atoms with van der Waals surface area (Å²) in [5.41, 5.74) is 1.99. The zero-order valence-electron chi connectivity index (χ0n) is 11.8. The van der Waals surface area contributed by atoms with E-state index < -0.39 is 10.0 Å². The second kappa shape index (κ2) is 8.30. The number of hydrogen-bond donors (Lipinski definition) is 2. The molecule has 0 fully saturated rings. The van der Waals surface area contributed by atoms with Crippen LogP contribution in [0.2, 0.25) is 0 Å². The van der Waals surface area contributed by atoms with Crippen LogP contribution in [0.15, 0.2) is 24.3 Å². The molecule has 0 unspecified atom stereocenters. The Hall–Kier alpha value is -0.910. The summed E-state index contributed by atoms with van der Waals surface area (Å²) >= 11 is 0. The zero-order valence-corrected chi connectivity index (χ0v) is 12.6. The second-order valence-electron chi connectivity index (χ2n) is 4.60. The largest absolute Gasteiger partial charge is 0.313 e. The molecule has 0 spiro atoms. The molecule has 19 heavy (non-hydrogen) atoms. The van der Waals surface area contributed by atoms with Gasteiger partial charge in [0.05, 0.1) is 5.75 Å². The molecule has 0 aliphatic heterocycles. The number of sulfonamides is 1. The lowest BCUT2D eigenvalue weighted by Crippen LogP contribution is -2.26. The second-order valence-corrected chi connectivity index (χ2v) is 6.41. The van der Waals surface area contributed by atoms with E-state index in [1.165, 1.54) is 5.56 Å². The van der Waals surface area contributed by atoms with Crippen LogP contribution in [-0.4, -0.2) is 21.5 Å². The molecule has 1 aromatic carbocycles. The zero-order chi connectivity index (χ0) is 14.1. The molecule has 0 saturated carbocycles. The third-order valence-corrected chi connectivity index (χ3v) is 4.17. The average molecular weight is 284 g/mol. The van der Waals surface area contributed by atoms with Crippen molar-refractivity contribution in [2.45, 2.75) is 39.0 Å². The van der Waals surface area contributed by atoms with Crippen LogP contribution in [0.5, 0.6) is 0 Å². The number of benzene rings is 1. The summed E-state index contributed by atoms with van der Waals surface area (Å²) in [4.78, 5) is 0. The van der Waals surface area contributed by atoms with Gasteiger partial charge in [0.15, 0.2) is 0 Å². The van der Waals surface area contributed by atoms with Crippen molar-refractivity contribution in [3.8, 4) is 0 Å². The van der Waals surface area contributed by atoms with Gasteiger partial charge in [-0.15, -0.1) is 0 Å². The molecule has 0 heterocycles. The number of unbranched alkanes of at least 4 members (excludes halogenated alkanes) is 1. The molecule has 0 saturated heterocycles. The quantitative estimate of drug-likeness (QED) is 0.682. The smallest absolute Gasteiger partial charge is 0.215 e. The van der Waals surface area contributed by atoms with E-state index in [0.717, 1.165) is 31.5 Å². The Morgan fingerprint density at radius 1 is 1.05 bits per heavy atom. The van der Waals surface area contributed by atoms with E-state index in [1.807, 2.05) is 31.2 Å². The first-order valence-electron chi connectivity index (χ1n) is 6.83. The van der Waals surface area contributed by atoms with E-state index in [4.69, 9.17) is 0 Å². The summed E-state index contributed by atoms with van der Waals surface area (Å²) in [6.07, 6.45) is 1.86. The van der Waals surface area contributed by atoms with Gasteiger partial charge in [-0.05, 0) is 24.1 Å². The maximum absolute atomic E-state index is 11.8. The van der Waals surface area contributed by atoms with Gasteiger partial charge < -0.3 is 5.32 Å². The highest BCUT2D eigenvalue weighted by Gasteiger charge is 2.10. The fraction of sp³-hybridized carbons (Fsp3) is 0.571. The fourth-order valence-electron chi connectivity index (χ4n) is 1.70. The Balaban J connectivity index is 2.52. The van der Waals surface area contributed by atoms with E-state index >= 15 is 0 Å². The van der Waals surface area contributed by atoms with Crippen LogP contribution in [0.25, 0.3) is 0 Å². The number of hydrogen-bond acceptors (Lipinski definition) is 3. The van der Waals surface area contributed by atoms with Gasteiger partial charge in [-0.1, -0.05) is 44.5 Å². The van der Waals surface area contributed by atoms with Crippen molar-refractivity contribution in [2.24, 2.45) is 0 Å². The Morgan fingerprint density at radius 2 is 1.68 bits per heavy atom. The van der Waals surface area contributed by atoms with E-state index in [0.29, 0.717) is 6.54 Å². The first kappa shape index (κ1) is 16.1. The fourth-order valence-corrected chi connectivity index (χ4v) is 2.89. The van der Waals surface area contributed by atoms with E-state index in [1.54, 1.807) is 0 Å². The molecule has 1 rings (SSSR count). The van der Waals surface area contributed by atoms with Crippen molar-refractivity contribution < 1.29 is 8.42 Å². The van der Waals surface area contributed by atoms with E-state index in [-0.39, 0.29) is 5.75 Å². The molecule has 2 N–H and O–H groups in total. The first-order valence-corrected chi connectivity index (χ1v) is 8.48. The van der Waals surface area contributed by atoms with Crippen molar-refractivity contribution in [3.05, 3.63) is 35.4 Å². The van der Waals surface area contributed by atoms with Crippen LogP contribution in [0.1, 0.15) is 37.8 Å². The average Bonchev–Trinajstić information content (AvgIpc) is 2.38. The highest BCUT2D eigenvalue weighted by atomic mass is 32.2. The molecule has 0 bridgehead atoms. The van der Waals surface area contributed by atoms with Gasteiger partial charge in [-0.2, -0.15) is 0 Å². The van der Waals surface area contributed by atoms with Crippen LogP contribution in [0.4, 0.5) is 0 Å². The van der Waals surface area contributed by atoms with Gasteiger partial charge in [-0.3, -0.25) is 0 Å². The van der Waals surface area contributed by atoms with Crippen molar-refractivity contribution in [3.63, 3.8) is 0 Å². The molecule has 0 atom stereocenters. The van der Waals surface area contributed by atoms with Gasteiger partial charge in [0.1, 0.15) is 0 Å². The number of rotatable bonds is 9. The number of nitrogens with one attached hydrogen (secondary N) is 2. The topological polar surface area (TPSA) is 58.2 Å². The molecule has 0 radical (unpaired) electrons. The Morgan fingerprint density at radius 3 is 2.26 bits per heavy atom. The summed E-state index contributed by atoms with van der Waals surface area (Å²) in [6.45, 7) is 6.37. The normalized spacial score (nSPS) is 11.7. The van der Waals surface area contributed by atoms with Crippen LogP contribution in [0.3, 0.4) is 0 Å². The molecule has 0 aliphatic carbocycles. The van der Waals surface area contributed by atoms with Crippen molar-refractivity contribution in [1.82, 2.24) is 10.0 Å². The molecule has 108 valence electrons. The lowest BCUT2D eigenvalue weighted by molar-refractivity contribution is 0.577. The predicted octanol–water partition coefficient (Wildman–Crippen LogP) is 2.02. The standard InChI is InChI=1S/C14H24N2O2S/c1-3-5-10-16-19(17,18)12-14-8-6-13(7-9-14)11-15-4-2/h6-9,15-16H,3-5,10-12H2,1-2H3. The van der Waals surface area contributed by atoms with Gasteiger partial charge in [0, 0.05) is 13.1 Å². The minimum absolute atomic E-state index is 0.0538. The van der Waals surface area contributed by atoms with E-state index in [9.17, 15) is 8.42 Å². The molecule has 4 nitrogen and oxygen atoms in total. The highest BCUT2D eigenvalue weighted by molar-refractivity contribution is 7.88. The van der Waals surface area contributed by atoms with Crippen LogP contribution in [-0.2, 0) is 22.3 Å². The first-order chi connectivity index (χ1) is 9.07. The van der Waals surface area contributed by atoms with E-state index in [2.05, 4.69) is 17.0 Å². The van der Waals surface area contributed by atoms with Gasteiger partial charge in [-0.25, -0.2) is 13.1 Å². The van der Waals surface area contributed by atoms with Crippen molar-refractivity contribution in [1.29, 1.82) is 0 Å². The third kappa shape index (κ3) is 6.71. The molecule has 5 heteroatoms. The van der Waals surface area contributed by atoms with Gasteiger partial charge in [0.25, 0.3) is 0 Å². The third-order valence-electron chi connectivity index (χ3n) is 2.81. The molecule has 1 aromatic rings. The highest BCUT2D eigenvalue weighted by Crippen LogP contribution is 2.08. The lowest BCUT2D eigenvalue weighted by atomic mass is 10.1. The summed E-state index contributed by atoms with van der Waals surface area (Å²) in [5, 5.41) is 3.24. The lowest BCUT2D eigenvalue weighted by Gasteiger charge is -2.07. The van der Waals surface area contributed by atoms with Crippen LogP contribution in [0, 0.1) is 0 Å². The Kier molecular flexibility index (Phi) is 7.05. The molecular weight excluding hydrogens is 260 g/mol. The van der Waals surface area contributed by atoms with Gasteiger partial charge >= 0.3 is 0 Å². The molecule has 0 aromatic heterocycles. The molecular formula is C14H24N2O2S. The Bertz CT molecular complexity index is 455. The molecule has 0 amide bonds. The summed E-state index contributed by atoms with van der Waals surface area (Å²) in [7, 11) is -3.20. The van der Waals surface area contributed by atoms with Crippen molar-refractivity contribution >= 4 is 10.0 Å². The maximum Gasteiger partial charge on any atom is 0.215 e. The monoisotopic (exact) mass is 284 g/mol. The summed E-state index contributed by atoms with van der Waals surface area (Å²) < 4.78 is 26.2. The summed E-state index contributed by atoms with van der Waals surface area (Å²) in [5.74, 6) is 0.0538. The minimum Gasteiger partial charge on any atom is -0.313 e. The van der Waals surface area contributed by atoms with Crippen LogP contribution < -0.4 is 10.0 Å². The summed E-state index contributed by atoms with van der Waals surface area (Å²) in [6, 6.07) is 7.70. The Labute approximate surface area is 116 Å². The molecule has 0 aliphatic rings. The SMILES string of the molecule is CCCCNS(=O)(=O)Cc1ccc(CNCC)cc1. The van der Waals surface area contributed by atoms with Crippen molar-refractivity contribution in [2.75, 3.05) is 13.1 Å². The maximum atomic E-state index is 11.8. The van der Waals surface area contributed by atoms with Gasteiger partial charge in [0.2, 0.25) is 10.0 Å². The predicted molar refractivity (Wildman–Crippen MR) is 79.4 cm³/mol.